The van der Waals surface area contributed by atoms with Crippen LogP contribution in [0.1, 0.15) is 11.1 Å². The summed E-state index contributed by atoms with van der Waals surface area (Å²) in [5.41, 5.74) is 2.03. The van der Waals surface area contributed by atoms with Crippen molar-refractivity contribution >= 4 is 23.2 Å². The van der Waals surface area contributed by atoms with Gasteiger partial charge in [0, 0.05) is 12.1 Å². The molecule has 0 radical (unpaired) electrons. The van der Waals surface area contributed by atoms with Gasteiger partial charge in [0.05, 0.1) is 7.11 Å². The Morgan fingerprint density at radius 2 is 1.92 bits per heavy atom. The zero-order valence-corrected chi connectivity index (χ0v) is 14.1. The molecule has 0 aliphatic carbocycles. The van der Waals surface area contributed by atoms with Gasteiger partial charge >= 0.3 is 5.97 Å². The standard InChI is InChI=1S/C18H19NO4S/c1-22-16-11-14(7-8-15(16)23-12-17(20)21)18(24)19-10-9-13-5-3-2-4-6-13/h2-8,11H,9-10,12H2,1H3,(H,19,24)(H,20,21). The summed E-state index contributed by atoms with van der Waals surface area (Å²) < 4.78 is 10.4. The van der Waals surface area contributed by atoms with Crippen LogP contribution in [-0.2, 0) is 11.2 Å². The molecule has 0 heterocycles. The highest BCUT2D eigenvalue weighted by Crippen LogP contribution is 2.28. The molecule has 2 aromatic rings. The average molecular weight is 345 g/mol. The van der Waals surface area contributed by atoms with Gasteiger partial charge in [0.15, 0.2) is 18.1 Å². The van der Waals surface area contributed by atoms with Crippen molar-refractivity contribution in [1.29, 1.82) is 0 Å². The number of carboxylic acids is 1. The number of aliphatic carboxylic acids is 1. The summed E-state index contributed by atoms with van der Waals surface area (Å²) in [5.74, 6) is -0.226. The molecule has 0 fully saturated rings. The van der Waals surface area contributed by atoms with Gasteiger partial charge in [-0.2, -0.15) is 0 Å². The lowest BCUT2D eigenvalue weighted by Gasteiger charge is -2.12. The molecule has 5 nitrogen and oxygen atoms in total. The van der Waals surface area contributed by atoms with Crippen LogP contribution in [0.4, 0.5) is 0 Å². The fraction of sp³-hybridized carbons (Fsp3) is 0.222. The van der Waals surface area contributed by atoms with E-state index in [4.69, 9.17) is 26.8 Å². The first kappa shape index (κ1) is 17.7. The number of hydrogen-bond acceptors (Lipinski definition) is 4. The second-order valence-corrected chi connectivity index (χ2v) is 5.45. The maximum Gasteiger partial charge on any atom is 0.341 e. The summed E-state index contributed by atoms with van der Waals surface area (Å²) >= 11 is 5.39. The van der Waals surface area contributed by atoms with Gasteiger partial charge < -0.3 is 19.9 Å². The van der Waals surface area contributed by atoms with Gasteiger partial charge in [0.1, 0.15) is 4.99 Å². The Balaban J connectivity index is 1.95. The molecule has 2 N–H and O–H groups in total. The number of hydrogen-bond donors (Lipinski definition) is 2. The molecule has 2 rings (SSSR count). The highest BCUT2D eigenvalue weighted by Gasteiger charge is 2.10. The van der Waals surface area contributed by atoms with E-state index in [9.17, 15) is 4.79 Å². The van der Waals surface area contributed by atoms with E-state index >= 15 is 0 Å². The molecular weight excluding hydrogens is 326 g/mol. The molecule has 0 saturated heterocycles. The predicted octanol–water partition coefficient (Wildman–Crippen LogP) is 2.67. The van der Waals surface area contributed by atoms with Crippen LogP contribution in [-0.4, -0.2) is 36.3 Å². The third kappa shape index (κ3) is 5.24. The Bertz CT molecular complexity index is 703. The third-order valence-corrected chi connectivity index (χ3v) is 3.70. The first-order valence-electron chi connectivity index (χ1n) is 7.45. The van der Waals surface area contributed by atoms with Gasteiger partial charge in [0.2, 0.25) is 0 Å². The Hall–Kier alpha value is -2.60. The Morgan fingerprint density at radius 1 is 1.17 bits per heavy atom. The van der Waals surface area contributed by atoms with Crippen molar-refractivity contribution in [2.24, 2.45) is 0 Å². The Morgan fingerprint density at radius 3 is 2.58 bits per heavy atom. The monoisotopic (exact) mass is 345 g/mol. The van der Waals surface area contributed by atoms with E-state index in [0.29, 0.717) is 16.5 Å². The molecular formula is C18H19NO4S. The van der Waals surface area contributed by atoms with Gasteiger partial charge in [-0.15, -0.1) is 0 Å². The number of carbonyl (C=O) groups is 1. The highest BCUT2D eigenvalue weighted by molar-refractivity contribution is 7.80. The number of ether oxygens (including phenoxy) is 2. The van der Waals surface area contributed by atoms with E-state index in [-0.39, 0.29) is 0 Å². The van der Waals surface area contributed by atoms with E-state index in [2.05, 4.69) is 17.4 Å². The molecule has 0 aliphatic rings. The number of methoxy groups -OCH3 is 1. The lowest BCUT2D eigenvalue weighted by Crippen LogP contribution is -2.24. The summed E-state index contributed by atoms with van der Waals surface area (Å²) in [6.45, 7) is 0.303. The van der Waals surface area contributed by atoms with Crippen molar-refractivity contribution in [3.05, 3.63) is 59.7 Å². The summed E-state index contributed by atoms with van der Waals surface area (Å²) in [4.78, 5) is 11.2. The number of nitrogens with one attached hydrogen (secondary N) is 1. The maximum absolute atomic E-state index is 10.6. The number of rotatable bonds is 8. The minimum Gasteiger partial charge on any atom is -0.493 e. The molecule has 24 heavy (non-hydrogen) atoms. The van der Waals surface area contributed by atoms with Gasteiger partial charge in [-0.1, -0.05) is 42.5 Å². The van der Waals surface area contributed by atoms with E-state index in [1.54, 1.807) is 18.2 Å². The van der Waals surface area contributed by atoms with Crippen LogP contribution in [0, 0.1) is 0 Å². The number of benzene rings is 2. The molecule has 0 aliphatic heterocycles. The third-order valence-electron chi connectivity index (χ3n) is 3.32. The first-order chi connectivity index (χ1) is 11.6. The van der Waals surface area contributed by atoms with Crippen molar-refractivity contribution < 1.29 is 19.4 Å². The van der Waals surface area contributed by atoms with Crippen LogP contribution in [0.5, 0.6) is 11.5 Å². The molecule has 0 spiro atoms. The van der Waals surface area contributed by atoms with Crippen LogP contribution in [0.3, 0.4) is 0 Å². The first-order valence-corrected chi connectivity index (χ1v) is 7.85. The van der Waals surface area contributed by atoms with Crippen LogP contribution in [0.25, 0.3) is 0 Å². The minimum absolute atomic E-state index is 0.371. The normalized spacial score (nSPS) is 10.0. The minimum atomic E-state index is -1.04. The molecule has 2 aromatic carbocycles. The van der Waals surface area contributed by atoms with Crippen LogP contribution in [0.2, 0.25) is 0 Å². The summed E-state index contributed by atoms with van der Waals surface area (Å²) in [7, 11) is 1.50. The summed E-state index contributed by atoms with van der Waals surface area (Å²) in [6.07, 6.45) is 0.873. The molecule has 0 unspecified atom stereocenters. The van der Waals surface area contributed by atoms with Crippen molar-refractivity contribution in [2.75, 3.05) is 20.3 Å². The fourth-order valence-corrected chi connectivity index (χ4v) is 2.36. The Kier molecular flexibility index (Phi) is 6.57. The highest BCUT2D eigenvalue weighted by atomic mass is 32.1. The van der Waals surface area contributed by atoms with Crippen LogP contribution >= 0.6 is 12.2 Å². The topological polar surface area (TPSA) is 67.8 Å². The van der Waals surface area contributed by atoms with Crippen molar-refractivity contribution in [1.82, 2.24) is 5.32 Å². The zero-order valence-electron chi connectivity index (χ0n) is 13.3. The SMILES string of the molecule is COc1cc(C(=S)NCCc2ccccc2)ccc1OCC(=O)O. The van der Waals surface area contributed by atoms with E-state index < -0.39 is 12.6 Å². The average Bonchev–Trinajstić information content (AvgIpc) is 2.60. The van der Waals surface area contributed by atoms with Crippen molar-refractivity contribution in [2.45, 2.75) is 6.42 Å². The van der Waals surface area contributed by atoms with Gasteiger partial charge in [-0.05, 0) is 30.2 Å². The van der Waals surface area contributed by atoms with E-state index in [1.807, 2.05) is 18.2 Å². The van der Waals surface area contributed by atoms with E-state index in [1.165, 1.54) is 12.7 Å². The van der Waals surface area contributed by atoms with Crippen LogP contribution < -0.4 is 14.8 Å². The zero-order chi connectivity index (χ0) is 17.4. The second kappa shape index (κ2) is 8.88. The van der Waals surface area contributed by atoms with Crippen molar-refractivity contribution in [3.8, 4) is 11.5 Å². The summed E-state index contributed by atoms with van der Waals surface area (Å²) in [6, 6.07) is 15.3. The molecule has 6 heteroatoms. The van der Waals surface area contributed by atoms with Gasteiger partial charge in [-0.25, -0.2) is 4.79 Å². The predicted molar refractivity (Wildman–Crippen MR) is 96.0 cm³/mol. The van der Waals surface area contributed by atoms with Crippen LogP contribution in [0.15, 0.2) is 48.5 Å². The van der Waals surface area contributed by atoms with Gasteiger partial charge in [0.25, 0.3) is 0 Å². The van der Waals surface area contributed by atoms with Gasteiger partial charge in [-0.3, -0.25) is 0 Å². The molecule has 0 aromatic heterocycles. The fourth-order valence-electron chi connectivity index (χ4n) is 2.13. The van der Waals surface area contributed by atoms with Crippen molar-refractivity contribution in [3.63, 3.8) is 0 Å². The summed E-state index contributed by atoms with van der Waals surface area (Å²) in [5, 5.41) is 11.9. The quantitative estimate of drug-likeness (QED) is 0.717. The smallest absolute Gasteiger partial charge is 0.341 e. The Labute approximate surface area is 146 Å². The number of thiocarbonyl (C=S) groups is 1. The lowest BCUT2D eigenvalue weighted by molar-refractivity contribution is -0.139. The number of carboxylic acid groups (broad SMARTS) is 1. The second-order valence-electron chi connectivity index (χ2n) is 5.04. The molecule has 0 bridgehead atoms. The van der Waals surface area contributed by atoms with E-state index in [0.717, 1.165) is 18.5 Å². The molecule has 0 saturated carbocycles. The molecule has 0 amide bonds. The molecule has 126 valence electrons. The largest absolute Gasteiger partial charge is 0.493 e. The molecule has 0 atom stereocenters. The lowest BCUT2D eigenvalue weighted by atomic mass is 10.1. The maximum atomic E-state index is 10.6.